The van der Waals surface area contributed by atoms with E-state index in [1.165, 1.54) is 0 Å². The number of ether oxygens (including phenoxy) is 1. The zero-order valence-electron chi connectivity index (χ0n) is 13.3. The number of rotatable bonds is 3. The maximum absolute atomic E-state index is 12.0. The fraction of sp³-hybridized carbons (Fsp3) is 0. The molecule has 0 amide bonds. The highest BCUT2D eigenvalue weighted by Crippen LogP contribution is 2.36. The number of H-pyrrole nitrogens is 1. The van der Waals surface area contributed by atoms with E-state index < -0.39 is 5.56 Å². The van der Waals surface area contributed by atoms with E-state index in [0.29, 0.717) is 21.5 Å². The van der Waals surface area contributed by atoms with Crippen LogP contribution >= 0.6 is 15.9 Å². The molecule has 126 valence electrons. The smallest absolute Gasteiger partial charge is 0.268 e. The number of nitrogens with two attached hydrogens (primary N) is 1. The summed E-state index contributed by atoms with van der Waals surface area (Å²) in [5.41, 5.74) is 5.68. The number of nitriles is 2. The molecule has 1 heterocycles. The van der Waals surface area contributed by atoms with Gasteiger partial charge in [-0.15, -0.1) is 0 Å². The highest BCUT2D eigenvalue weighted by Gasteiger charge is 2.19. The van der Waals surface area contributed by atoms with Gasteiger partial charge in [-0.1, -0.05) is 24.3 Å². The van der Waals surface area contributed by atoms with Crippen molar-refractivity contribution < 1.29 is 4.74 Å². The molecule has 3 aromatic rings. The first-order valence-electron chi connectivity index (χ1n) is 7.44. The van der Waals surface area contributed by atoms with Gasteiger partial charge in [-0.3, -0.25) is 4.79 Å². The quantitative estimate of drug-likeness (QED) is 0.683. The normalized spacial score (nSPS) is 9.96. The van der Waals surface area contributed by atoms with Crippen molar-refractivity contribution in [3.63, 3.8) is 0 Å². The first-order chi connectivity index (χ1) is 12.5. The van der Waals surface area contributed by atoms with E-state index in [0.717, 1.165) is 0 Å². The number of aromatic amines is 1. The minimum absolute atomic E-state index is 0.0461. The molecule has 0 aliphatic rings. The SMILES string of the molecule is N#Cc1c(N)[nH]c(=O)c(C#N)c1-c1ccc(Oc2ccccc2)c(Br)c1. The molecule has 26 heavy (non-hydrogen) atoms. The van der Waals surface area contributed by atoms with Crippen LogP contribution in [-0.2, 0) is 0 Å². The van der Waals surface area contributed by atoms with E-state index in [9.17, 15) is 15.3 Å². The molecule has 1 aromatic heterocycles. The fourth-order valence-corrected chi connectivity index (χ4v) is 2.95. The minimum Gasteiger partial charge on any atom is -0.456 e. The molecule has 0 saturated heterocycles. The van der Waals surface area contributed by atoms with Gasteiger partial charge >= 0.3 is 0 Å². The van der Waals surface area contributed by atoms with Crippen molar-refractivity contribution in [3.8, 4) is 34.8 Å². The Kier molecular flexibility index (Phi) is 4.74. The molecule has 3 rings (SSSR count). The number of pyridine rings is 1. The Balaban J connectivity index is 2.13. The Labute approximate surface area is 157 Å². The highest BCUT2D eigenvalue weighted by atomic mass is 79.9. The summed E-state index contributed by atoms with van der Waals surface area (Å²) in [5.74, 6) is 1.14. The van der Waals surface area contributed by atoms with Gasteiger partial charge in [0.25, 0.3) is 5.56 Å². The average Bonchev–Trinajstić information content (AvgIpc) is 2.64. The van der Waals surface area contributed by atoms with Gasteiger partial charge in [-0.25, -0.2) is 0 Å². The summed E-state index contributed by atoms with van der Waals surface area (Å²) in [7, 11) is 0. The van der Waals surface area contributed by atoms with Crippen molar-refractivity contribution in [2.75, 3.05) is 5.73 Å². The fourth-order valence-electron chi connectivity index (χ4n) is 2.49. The van der Waals surface area contributed by atoms with Crippen LogP contribution in [0.1, 0.15) is 11.1 Å². The summed E-state index contributed by atoms with van der Waals surface area (Å²) in [6, 6.07) is 18.0. The summed E-state index contributed by atoms with van der Waals surface area (Å²) < 4.78 is 6.39. The molecule has 7 heteroatoms. The average molecular weight is 407 g/mol. The van der Waals surface area contributed by atoms with Crippen molar-refractivity contribution >= 4 is 21.7 Å². The van der Waals surface area contributed by atoms with Crippen molar-refractivity contribution in [2.45, 2.75) is 0 Å². The predicted molar refractivity (Wildman–Crippen MR) is 101 cm³/mol. The second kappa shape index (κ2) is 7.14. The number of benzene rings is 2. The van der Waals surface area contributed by atoms with Crippen molar-refractivity contribution in [1.82, 2.24) is 4.98 Å². The Morgan fingerprint density at radius 2 is 1.73 bits per heavy atom. The standard InChI is InChI=1S/C19H11BrN4O2/c20-15-8-11(6-7-16(15)26-12-4-2-1-3-5-12)17-13(9-21)18(23)24-19(25)14(17)10-22/h1-8H,(H3,23,24,25). The number of nitrogens with one attached hydrogen (secondary N) is 1. The summed E-state index contributed by atoms with van der Waals surface area (Å²) in [4.78, 5) is 14.3. The zero-order valence-corrected chi connectivity index (χ0v) is 14.9. The van der Waals surface area contributed by atoms with Crippen LogP contribution in [0.3, 0.4) is 0 Å². The maximum atomic E-state index is 12.0. The summed E-state index contributed by atoms with van der Waals surface area (Å²) in [6.45, 7) is 0. The van der Waals surface area contributed by atoms with Crippen molar-refractivity contribution in [1.29, 1.82) is 10.5 Å². The van der Waals surface area contributed by atoms with E-state index in [1.807, 2.05) is 42.5 Å². The van der Waals surface area contributed by atoms with Crippen LogP contribution < -0.4 is 16.0 Å². The molecule has 0 bridgehead atoms. The number of hydrogen-bond donors (Lipinski definition) is 2. The van der Waals surface area contributed by atoms with Crippen LogP contribution in [0.4, 0.5) is 5.82 Å². The lowest BCUT2D eigenvalue weighted by Gasteiger charge is -2.12. The number of aromatic nitrogens is 1. The van der Waals surface area contributed by atoms with Gasteiger partial charge in [0, 0.05) is 5.56 Å². The van der Waals surface area contributed by atoms with Gasteiger partial charge in [-0.2, -0.15) is 10.5 Å². The van der Waals surface area contributed by atoms with E-state index in [-0.39, 0.29) is 22.5 Å². The third-order valence-corrected chi connectivity index (χ3v) is 4.28. The molecule has 0 spiro atoms. The molecule has 3 N–H and O–H groups in total. The summed E-state index contributed by atoms with van der Waals surface area (Å²) in [5, 5.41) is 18.7. The van der Waals surface area contributed by atoms with Crippen molar-refractivity contribution in [2.24, 2.45) is 0 Å². The molecule has 0 radical (unpaired) electrons. The second-order valence-electron chi connectivity index (χ2n) is 5.28. The zero-order chi connectivity index (χ0) is 18.7. The largest absolute Gasteiger partial charge is 0.456 e. The molecular weight excluding hydrogens is 396 g/mol. The maximum Gasteiger partial charge on any atom is 0.268 e. The van der Waals surface area contributed by atoms with E-state index in [2.05, 4.69) is 20.9 Å². The van der Waals surface area contributed by atoms with Gasteiger partial charge < -0.3 is 15.5 Å². The molecular formula is C19H11BrN4O2. The number of para-hydroxylation sites is 1. The number of halogens is 1. The molecule has 2 aromatic carbocycles. The second-order valence-corrected chi connectivity index (χ2v) is 6.13. The lowest BCUT2D eigenvalue weighted by Crippen LogP contribution is -2.16. The van der Waals surface area contributed by atoms with E-state index in [1.54, 1.807) is 18.2 Å². The van der Waals surface area contributed by atoms with Gasteiger partial charge in [0.05, 0.1) is 4.47 Å². The highest BCUT2D eigenvalue weighted by molar-refractivity contribution is 9.10. The van der Waals surface area contributed by atoms with Crippen LogP contribution in [0.2, 0.25) is 0 Å². The molecule has 6 nitrogen and oxygen atoms in total. The van der Waals surface area contributed by atoms with E-state index in [4.69, 9.17) is 10.5 Å². The van der Waals surface area contributed by atoms with Crippen LogP contribution in [0.15, 0.2) is 57.8 Å². The number of nitrogen functional groups attached to an aromatic ring is 1. The number of hydrogen-bond acceptors (Lipinski definition) is 5. The Hall–Kier alpha value is -3.55. The molecule has 0 atom stereocenters. The lowest BCUT2D eigenvalue weighted by atomic mass is 9.96. The molecule has 0 saturated carbocycles. The summed E-state index contributed by atoms with van der Waals surface area (Å²) in [6.07, 6.45) is 0. The molecule has 0 aliphatic heterocycles. The molecule has 0 aliphatic carbocycles. The Morgan fingerprint density at radius 1 is 1.04 bits per heavy atom. The topological polar surface area (TPSA) is 116 Å². The Bertz CT molecular complexity index is 1130. The van der Waals surface area contributed by atoms with Gasteiger partial charge in [-0.05, 0) is 45.8 Å². The number of anilines is 1. The first kappa shape index (κ1) is 17.3. The van der Waals surface area contributed by atoms with Crippen LogP contribution in [0.5, 0.6) is 11.5 Å². The van der Waals surface area contributed by atoms with Crippen molar-refractivity contribution in [3.05, 3.63) is 74.5 Å². The first-order valence-corrected chi connectivity index (χ1v) is 8.23. The Morgan fingerprint density at radius 3 is 2.35 bits per heavy atom. The minimum atomic E-state index is -0.639. The van der Waals surface area contributed by atoms with Gasteiger partial charge in [0.1, 0.15) is 40.6 Å². The third kappa shape index (κ3) is 3.16. The van der Waals surface area contributed by atoms with Gasteiger partial charge in [0.15, 0.2) is 0 Å². The van der Waals surface area contributed by atoms with Crippen LogP contribution in [-0.4, -0.2) is 4.98 Å². The van der Waals surface area contributed by atoms with Crippen LogP contribution in [0, 0.1) is 22.7 Å². The number of nitrogens with zero attached hydrogens (tertiary/aromatic N) is 2. The van der Waals surface area contributed by atoms with E-state index >= 15 is 0 Å². The monoisotopic (exact) mass is 406 g/mol. The summed E-state index contributed by atoms with van der Waals surface area (Å²) >= 11 is 3.42. The predicted octanol–water partition coefficient (Wildman–Crippen LogP) is 3.92. The van der Waals surface area contributed by atoms with Crippen LogP contribution in [0.25, 0.3) is 11.1 Å². The molecule has 0 fully saturated rings. The molecule has 0 unspecified atom stereocenters. The lowest BCUT2D eigenvalue weighted by molar-refractivity contribution is 0.480. The van der Waals surface area contributed by atoms with Gasteiger partial charge in [0.2, 0.25) is 0 Å². The third-order valence-electron chi connectivity index (χ3n) is 3.66.